The fourth-order valence-corrected chi connectivity index (χ4v) is 12.9. The Hall–Kier alpha value is -13.5. The Morgan fingerprint density at radius 1 is 0.278 bits per heavy atom. The number of fused-ring (bicyclic) bond motifs is 3. The summed E-state index contributed by atoms with van der Waals surface area (Å²) in [5.74, 6) is -5.86. The van der Waals surface area contributed by atoms with Gasteiger partial charge in [-0.1, -0.05) is 209 Å². The summed E-state index contributed by atoms with van der Waals surface area (Å²) in [7, 11) is 0. The molecule has 22 heteroatoms. The Labute approximate surface area is 667 Å². The Balaban J connectivity index is 0.835. The van der Waals surface area contributed by atoms with Gasteiger partial charge in [-0.2, -0.15) is 0 Å². The lowest BCUT2D eigenvalue weighted by Crippen LogP contribution is -2.43. The lowest BCUT2D eigenvalue weighted by molar-refractivity contribution is -0.169. The topological polar surface area (TPSA) is 281 Å². The molecule has 0 heterocycles. The molecule has 115 heavy (non-hydrogen) atoms. The van der Waals surface area contributed by atoms with E-state index in [1.807, 2.05) is 133 Å². The number of hydrogen-bond donors (Lipinski definition) is 0. The number of ether oxygens (including phenoxy) is 12. The Morgan fingerprint density at radius 3 is 0.861 bits per heavy atom. The first-order valence-corrected chi connectivity index (χ1v) is 37.1. The SMILES string of the molecule is C=CC(=O)OCC(COC(=O)C=C)(COC(=O)C=C)COC(=O)CCc1cccc(CCC(=O)OCCOc2ccc(C3(c4ccc(OCCOC(=O)CCc5cccc(CCC(=O)OCC(COC(=O)C=C)(COC(=O)C=C)COC(=O)C=C)c5)c(-c5ccccc5)c4)c4ccccc4-c4ccccc43)cc2-c2ccccc2)c1. The molecule has 0 radical (unpaired) electrons. The number of benzene rings is 8. The maximum absolute atomic E-state index is 13.4. The van der Waals surface area contributed by atoms with Crippen LogP contribution < -0.4 is 9.47 Å². The highest BCUT2D eigenvalue weighted by molar-refractivity contribution is 5.89. The third-order valence-corrected chi connectivity index (χ3v) is 18.8. The smallest absolute Gasteiger partial charge is 0.330 e. The number of rotatable bonds is 46. The van der Waals surface area contributed by atoms with Gasteiger partial charge in [-0.25, -0.2) is 28.8 Å². The van der Waals surface area contributed by atoms with Crippen LogP contribution in [0.3, 0.4) is 0 Å². The zero-order valence-corrected chi connectivity index (χ0v) is 63.8. The molecular weight excluding hydrogens is 1470 g/mol. The van der Waals surface area contributed by atoms with Crippen molar-refractivity contribution in [3.8, 4) is 44.9 Å². The van der Waals surface area contributed by atoms with Crippen LogP contribution >= 0.6 is 0 Å². The Morgan fingerprint density at radius 2 is 0.557 bits per heavy atom. The molecule has 1 aliphatic carbocycles. The van der Waals surface area contributed by atoms with E-state index in [2.05, 4.69) is 100 Å². The van der Waals surface area contributed by atoms with E-state index < -0.39 is 129 Å². The van der Waals surface area contributed by atoms with Crippen LogP contribution in [0.5, 0.6) is 11.5 Å². The average Bonchev–Trinajstić information content (AvgIpc) is 1.55. The largest absolute Gasteiger partial charge is 0.489 e. The maximum atomic E-state index is 13.4. The van der Waals surface area contributed by atoms with Crippen molar-refractivity contribution < 1.29 is 105 Å². The van der Waals surface area contributed by atoms with E-state index in [9.17, 15) is 47.9 Å². The number of hydrogen-bond acceptors (Lipinski definition) is 22. The standard InChI is InChI=1S/C93H90O22/c1-7-81(94)108-57-91(58-109-82(95)8-2,59-110-83(96)9-3)63-114-89(102)47-39-67-27-23-25-65(53-67)37-45-87(100)106-51-49-104-79-43-41-71(55-75(79)69-29-15-13-16-30-69)93(77-35-21-19-33-73(77)74-34-20-22-36-78(74)93)72-42-44-80(76(56-72)70-31-17-14-18-32-70)105-50-52-107-88(101)46-38-66-26-24-28-68(54-66)40-48-90(103)115-64-92(60-111-84(97)10-4,61-112-85(98)11-5)62-113-86(99)12-6/h7-36,41-44,53-56H,1-6,37-40,45-52,57-64H2. The number of esters is 10. The summed E-state index contributed by atoms with van der Waals surface area (Å²) in [5, 5.41) is 0. The summed E-state index contributed by atoms with van der Waals surface area (Å²) in [6, 6.07) is 64.0. The van der Waals surface area contributed by atoms with Gasteiger partial charge >= 0.3 is 59.7 Å². The maximum Gasteiger partial charge on any atom is 0.330 e. The molecule has 22 nitrogen and oxygen atoms in total. The summed E-state index contributed by atoms with van der Waals surface area (Å²) in [6.45, 7) is 16.6. The Kier molecular flexibility index (Phi) is 31.8. The van der Waals surface area contributed by atoms with E-state index in [1.54, 1.807) is 0 Å². The molecule has 0 aromatic heterocycles. The molecule has 0 unspecified atom stereocenters. The minimum Gasteiger partial charge on any atom is -0.489 e. The molecule has 9 rings (SSSR count). The van der Waals surface area contributed by atoms with Crippen molar-refractivity contribution in [3.05, 3.63) is 315 Å². The summed E-state index contributed by atoms with van der Waals surface area (Å²) in [4.78, 5) is 125. The summed E-state index contributed by atoms with van der Waals surface area (Å²) >= 11 is 0. The van der Waals surface area contributed by atoms with Crippen molar-refractivity contribution in [1.29, 1.82) is 0 Å². The fraction of sp³-hybridized carbons (Fsp3) is 0.247. The normalized spacial score (nSPS) is 11.6. The van der Waals surface area contributed by atoms with E-state index in [0.29, 0.717) is 24.3 Å². The highest BCUT2D eigenvalue weighted by Crippen LogP contribution is 2.57. The lowest BCUT2D eigenvalue weighted by atomic mass is 9.67. The van der Waals surface area contributed by atoms with Crippen LogP contribution in [0.2, 0.25) is 0 Å². The molecule has 0 atom stereocenters. The highest BCUT2D eigenvalue weighted by atomic mass is 16.6. The molecule has 0 amide bonds. The molecule has 0 bridgehead atoms. The van der Waals surface area contributed by atoms with Crippen molar-refractivity contribution in [1.82, 2.24) is 0 Å². The van der Waals surface area contributed by atoms with Crippen LogP contribution in [-0.2, 0) is 126 Å². The van der Waals surface area contributed by atoms with E-state index in [1.165, 1.54) is 0 Å². The first-order valence-electron chi connectivity index (χ1n) is 37.1. The number of carbonyl (C=O) groups excluding carboxylic acids is 10. The van der Waals surface area contributed by atoms with Crippen LogP contribution in [0.4, 0.5) is 0 Å². The summed E-state index contributed by atoms with van der Waals surface area (Å²) in [5.41, 5.74) is 8.98. The lowest BCUT2D eigenvalue weighted by Gasteiger charge is -2.35. The first kappa shape index (κ1) is 85.5. The van der Waals surface area contributed by atoms with E-state index >= 15 is 0 Å². The van der Waals surface area contributed by atoms with Gasteiger partial charge in [-0.3, -0.25) is 19.2 Å². The summed E-state index contributed by atoms with van der Waals surface area (Å²) in [6.07, 6.45) is 6.73. The van der Waals surface area contributed by atoms with Crippen LogP contribution in [0.15, 0.2) is 270 Å². The van der Waals surface area contributed by atoms with E-state index in [0.717, 1.165) is 114 Å². The Bertz CT molecular complexity index is 4420. The third-order valence-electron chi connectivity index (χ3n) is 18.8. The highest BCUT2D eigenvalue weighted by Gasteiger charge is 2.47. The van der Waals surface area contributed by atoms with Crippen LogP contribution in [0.1, 0.15) is 70.2 Å². The molecule has 594 valence electrons. The van der Waals surface area contributed by atoms with Gasteiger partial charge in [-0.05, 0) is 117 Å². The number of aryl methyl sites for hydroxylation is 4. The summed E-state index contributed by atoms with van der Waals surface area (Å²) < 4.78 is 67.2. The van der Waals surface area contributed by atoms with Crippen molar-refractivity contribution in [2.45, 2.75) is 56.8 Å². The van der Waals surface area contributed by atoms with Crippen LogP contribution in [-0.4, -0.2) is 139 Å². The molecule has 1 aliphatic rings. The quantitative estimate of drug-likeness (QED) is 0.0148. The average molecular weight is 1560 g/mol. The van der Waals surface area contributed by atoms with Gasteiger partial charge < -0.3 is 56.8 Å². The van der Waals surface area contributed by atoms with Crippen molar-refractivity contribution in [2.75, 3.05) is 79.3 Å². The monoisotopic (exact) mass is 1560 g/mol. The zero-order chi connectivity index (χ0) is 82.0. The van der Waals surface area contributed by atoms with Crippen LogP contribution in [0.25, 0.3) is 33.4 Å². The van der Waals surface area contributed by atoms with Crippen molar-refractivity contribution in [2.24, 2.45) is 10.8 Å². The first-order chi connectivity index (χ1) is 55.7. The van der Waals surface area contributed by atoms with Gasteiger partial charge in [-0.15, -0.1) is 0 Å². The molecule has 0 fully saturated rings. The van der Waals surface area contributed by atoms with Crippen LogP contribution in [0, 0.1) is 10.8 Å². The minimum atomic E-state index is -1.48. The molecule has 8 aromatic rings. The molecule has 0 N–H and O–H groups in total. The predicted molar refractivity (Wildman–Crippen MR) is 427 cm³/mol. The van der Waals surface area contributed by atoms with Crippen molar-refractivity contribution in [3.63, 3.8) is 0 Å². The van der Waals surface area contributed by atoms with Gasteiger partial charge in [0.1, 0.15) is 102 Å². The van der Waals surface area contributed by atoms with E-state index in [-0.39, 0.29) is 65.0 Å². The third kappa shape index (κ3) is 24.3. The molecule has 0 aliphatic heterocycles. The second-order valence-electron chi connectivity index (χ2n) is 27.0. The molecule has 8 aromatic carbocycles. The van der Waals surface area contributed by atoms with Crippen molar-refractivity contribution >= 4 is 59.7 Å². The van der Waals surface area contributed by atoms with Gasteiger partial charge in [0.15, 0.2) is 0 Å². The molecular formula is C93H90O22. The van der Waals surface area contributed by atoms with E-state index in [4.69, 9.17) is 56.8 Å². The zero-order valence-electron chi connectivity index (χ0n) is 63.8. The molecule has 0 spiro atoms. The van der Waals surface area contributed by atoms with Gasteiger partial charge in [0.2, 0.25) is 0 Å². The molecule has 0 saturated heterocycles. The second-order valence-corrected chi connectivity index (χ2v) is 27.0. The van der Waals surface area contributed by atoms with Gasteiger partial charge in [0, 0.05) is 73.3 Å². The molecule has 0 saturated carbocycles. The van der Waals surface area contributed by atoms with Gasteiger partial charge in [0.25, 0.3) is 0 Å². The fourth-order valence-electron chi connectivity index (χ4n) is 12.9. The van der Waals surface area contributed by atoms with Gasteiger partial charge in [0.05, 0.1) is 5.41 Å². The number of carbonyl (C=O) groups is 10. The second kappa shape index (κ2) is 42.8. The minimum absolute atomic E-state index is 0.0389. The predicted octanol–water partition coefficient (Wildman–Crippen LogP) is 13.8.